The number of carboxylic acids is 1. The molecule has 3 nitrogen and oxygen atoms in total. The fraction of sp³-hybridized carbons (Fsp3) is 0.154. The molecule has 0 aliphatic carbocycles. The van der Waals surface area contributed by atoms with Crippen LogP contribution in [-0.4, -0.2) is 15.6 Å². The second-order valence-corrected chi connectivity index (χ2v) is 4.85. The molecule has 0 aliphatic heterocycles. The molecule has 0 saturated carbocycles. The van der Waals surface area contributed by atoms with Crippen LogP contribution in [0.5, 0.6) is 0 Å². The summed E-state index contributed by atoms with van der Waals surface area (Å²) in [5.41, 5.74) is 1.81. The van der Waals surface area contributed by atoms with E-state index >= 15 is 0 Å². The van der Waals surface area contributed by atoms with E-state index in [4.69, 9.17) is 28.3 Å². The number of aromatic nitrogens is 1. The van der Waals surface area contributed by atoms with Crippen molar-refractivity contribution in [2.45, 2.75) is 6.92 Å². The van der Waals surface area contributed by atoms with E-state index in [1.165, 1.54) is 6.92 Å². The molecule has 2 aromatic rings. The van der Waals surface area contributed by atoms with Crippen LogP contribution in [0, 0.1) is 0 Å². The Morgan fingerprint density at radius 3 is 2.67 bits per heavy atom. The number of aryl methyl sites for hydroxylation is 1. The highest BCUT2D eigenvalue weighted by molar-refractivity contribution is 6.34. The van der Waals surface area contributed by atoms with E-state index in [0.29, 0.717) is 15.7 Å². The third-order valence-electron chi connectivity index (χ3n) is 2.83. The van der Waals surface area contributed by atoms with Crippen LogP contribution >= 0.6 is 23.2 Å². The molecule has 0 aliphatic rings. The highest BCUT2D eigenvalue weighted by atomic mass is 35.5. The van der Waals surface area contributed by atoms with Crippen molar-refractivity contribution in [3.8, 4) is 0 Å². The predicted octanol–water partition coefficient (Wildman–Crippen LogP) is 3.97. The average molecular weight is 284 g/mol. The lowest BCUT2D eigenvalue weighted by atomic mass is 10.1. The summed E-state index contributed by atoms with van der Waals surface area (Å²) in [7, 11) is 1.83. The fourth-order valence-corrected chi connectivity index (χ4v) is 2.25. The van der Waals surface area contributed by atoms with Gasteiger partial charge in [0.2, 0.25) is 0 Å². The quantitative estimate of drug-likeness (QED) is 0.848. The molecule has 0 bridgehead atoms. The molecular formula is C13H11Cl2NO2. The lowest BCUT2D eigenvalue weighted by Crippen LogP contribution is -1.95. The van der Waals surface area contributed by atoms with Gasteiger partial charge < -0.3 is 9.67 Å². The molecule has 0 unspecified atom stereocenters. The molecule has 2 rings (SSSR count). The molecule has 0 amide bonds. The van der Waals surface area contributed by atoms with Crippen LogP contribution in [0.4, 0.5) is 0 Å². The Hall–Kier alpha value is -1.45. The average Bonchev–Trinajstić information content (AvgIpc) is 2.54. The van der Waals surface area contributed by atoms with E-state index in [2.05, 4.69) is 0 Å². The number of carboxylic acid groups (broad SMARTS) is 1. The number of hydrogen-bond donors (Lipinski definition) is 1. The van der Waals surface area contributed by atoms with Gasteiger partial charge in [0.15, 0.2) is 0 Å². The Morgan fingerprint density at radius 1 is 1.39 bits per heavy atom. The first-order valence-corrected chi connectivity index (χ1v) is 6.02. The van der Waals surface area contributed by atoms with Gasteiger partial charge in [-0.25, -0.2) is 4.79 Å². The van der Waals surface area contributed by atoms with Crippen molar-refractivity contribution in [2.24, 2.45) is 7.05 Å². The first-order chi connectivity index (χ1) is 8.41. The van der Waals surface area contributed by atoms with Crippen molar-refractivity contribution < 1.29 is 9.90 Å². The van der Waals surface area contributed by atoms with Gasteiger partial charge in [0.1, 0.15) is 5.15 Å². The molecule has 1 heterocycles. The summed E-state index contributed by atoms with van der Waals surface area (Å²) in [6.45, 7) is 1.53. The first-order valence-electron chi connectivity index (χ1n) is 5.27. The Bertz CT molecular complexity index is 671. The van der Waals surface area contributed by atoms with Crippen LogP contribution in [0.15, 0.2) is 23.8 Å². The summed E-state index contributed by atoms with van der Waals surface area (Å²) in [4.78, 5) is 10.9. The number of halogens is 2. The van der Waals surface area contributed by atoms with Gasteiger partial charge in [-0.1, -0.05) is 23.2 Å². The number of nitrogens with zero attached hydrogens (tertiary/aromatic N) is 1. The number of carbonyl (C=O) groups is 1. The van der Waals surface area contributed by atoms with Gasteiger partial charge in [-0.2, -0.15) is 0 Å². The molecule has 0 saturated heterocycles. The summed E-state index contributed by atoms with van der Waals surface area (Å²) < 4.78 is 1.80. The van der Waals surface area contributed by atoms with Crippen molar-refractivity contribution in [2.75, 3.05) is 0 Å². The van der Waals surface area contributed by atoms with Gasteiger partial charge in [-0.05, 0) is 31.2 Å². The van der Waals surface area contributed by atoms with Crippen LogP contribution in [0.1, 0.15) is 12.5 Å². The first kappa shape index (κ1) is 13.0. The summed E-state index contributed by atoms with van der Waals surface area (Å²) in [5.74, 6) is -0.968. The number of hydrogen-bond acceptors (Lipinski definition) is 1. The highest BCUT2D eigenvalue weighted by Gasteiger charge is 2.13. The zero-order valence-electron chi connectivity index (χ0n) is 9.87. The molecular weight excluding hydrogens is 273 g/mol. The van der Waals surface area contributed by atoms with Crippen LogP contribution in [-0.2, 0) is 11.8 Å². The topological polar surface area (TPSA) is 42.2 Å². The molecule has 18 heavy (non-hydrogen) atoms. The van der Waals surface area contributed by atoms with E-state index in [1.807, 2.05) is 13.1 Å². The molecule has 0 atom stereocenters. The summed E-state index contributed by atoms with van der Waals surface area (Å²) in [6.07, 6.45) is 1.56. The molecule has 94 valence electrons. The lowest BCUT2D eigenvalue weighted by molar-refractivity contribution is -0.132. The van der Waals surface area contributed by atoms with Crippen LogP contribution < -0.4 is 0 Å². The maximum atomic E-state index is 10.9. The maximum absolute atomic E-state index is 10.9. The summed E-state index contributed by atoms with van der Waals surface area (Å²) in [6, 6.07) is 5.42. The summed E-state index contributed by atoms with van der Waals surface area (Å²) in [5, 5.41) is 10.9. The van der Waals surface area contributed by atoms with Gasteiger partial charge in [-0.3, -0.25) is 0 Å². The van der Waals surface area contributed by atoms with Gasteiger partial charge in [0.25, 0.3) is 0 Å². The number of rotatable bonds is 2. The second kappa shape index (κ2) is 4.67. The Labute approximate surface area is 114 Å². The minimum atomic E-state index is -0.968. The third-order valence-corrected chi connectivity index (χ3v) is 3.52. The van der Waals surface area contributed by atoms with E-state index in [0.717, 1.165) is 10.9 Å². The van der Waals surface area contributed by atoms with Crippen LogP contribution in [0.3, 0.4) is 0 Å². The highest BCUT2D eigenvalue weighted by Crippen LogP contribution is 2.32. The van der Waals surface area contributed by atoms with E-state index in [1.54, 1.807) is 22.8 Å². The monoisotopic (exact) mass is 283 g/mol. The SMILES string of the molecule is C/C(=C\c1c(Cl)n(C)c2ccc(Cl)cc12)C(=O)O. The Kier molecular flexibility index (Phi) is 3.37. The second-order valence-electron chi connectivity index (χ2n) is 4.06. The normalized spacial score (nSPS) is 12.1. The Morgan fingerprint density at radius 2 is 2.06 bits per heavy atom. The van der Waals surface area contributed by atoms with Crippen molar-refractivity contribution in [1.82, 2.24) is 4.57 Å². The molecule has 1 N–H and O–H groups in total. The van der Waals surface area contributed by atoms with Crippen LogP contribution in [0.2, 0.25) is 10.2 Å². The minimum absolute atomic E-state index is 0.226. The fourth-order valence-electron chi connectivity index (χ4n) is 1.83. The van der Waals surface area contributed by atoms with Gasteiger partial charge >= 0.3 is 5.97 Å². The smallest absolute Gasteiger partial charge is 0.331 e. The standard InChI is InChI=1S/C13H11Cl2NO2/c1-7(13(17)18)5-10-9-6-8(14)3-4-11(9)16(2)12(10)15/h3-6H,1-2H3,(H,17,18)/b7-5+. The molecule has 0 spiro atoms. The molecule has 5 heteroatoms. The van der Waals surface area contributed by atoms with E-state index in [-0.39, 0.29) is 5.57 Å². The maximum Gasteiger partial charge on any atom is 0.331 e. The molecule has 1 aromatic carbocycles. The number of fused-ring (bicyclic) bond motifs is 1. The minimum Gasteiger partial charge on any atom is -0.478 e. The van der Waals surface area contributed by atoms with Gasteiger partial charge in [-0.15, -0.1) is 0 Å². The predicted molar refractivity (Wildman–Crippen MR) is 74.2 cm³/mol. The van der Waals surface area contributed by atoms with Crippen LogP contribution in [0.25, 0.3) is 17.0 Å². The zero-order chi connectivity index (χ0) is 13.4. The van der Waals surface area contributed by atoms with E-state index in [9.17, 15) is 4.79 Å². The van der Waals surface area contributed by atoms with E-state index < -0.39 is 5.97 Å². The third kappa shape index (κ3) is 2.11. The van der Waals surface area contributed by atoms with Crippen molar-refractivity contribution in [1.29, 1.82) is 0 Å². The Balaban J connectivity index is 2.77. The van der Waals surface area contributed by atoms with Gasteiger partial charge in [0.05, 0.1) is 0 Å². The number of aliphatic carboxylic acids is 1. The van der Waals surface area contributed by atoms with Crippen molar-refractivity contribution in [3.63, 3.8) is 0 Å². The molecule has 1 aromatic heterocycles. The molecule has 0 fully saturated rings. The molecule has 0 radical (unpaired) electrons. The number of benzene rings is 1. The lowest BCUT2D eigenvalue weighted by Gasteiger charge is -1.96. The van der Waals surface area contributed by atoms with Gasteiger partial charge in [0, 0.05) is 34.1 Å². The summed E-state index contributed by atoms with van der Waals surface area (Å²) >= 11 is 12.2. The zero-order valence-corrected chi connectivity index (χ0v) is 11.4. The largest absolute Gasteiger partial charge is 0.478 e. The van der Waals surface area contributed by atoms with Crippen molar-refractivity contribution in [3.05, 3.63) is 39.5 Å². The van der Waals surface area contributed by atoms with Crippen molar-refractivity contribution >= 4 is 46.2 Å².